The number of hydrogen-bond acceptors (Lipinski definition) is 1. The Morgan fingerprint density at radius 1 is 1.50 bits per heavy atom. The number of carbonyl (C=O) groups is 1. The summed E-state index contributed by atoms with van der Waals surface area (Å²) in [6.07, 6.45) is 3.06. The summed E-state index contributed by atoms with van der Waals surface area (Å²) in [4.78, 5) is 10.6. The van der Waals surface area contributed by atoms with Crippen molar-refractivity contribution in [3.63, 3.8) is 0 Å². The second-order valence-corrected chi connectivity index (χ2v) is 6.39. The van der Waals surface area contributed by atoms with Gasteiger partial charge in [0.25, 0.3) is 0 Å². The van der Waals surface area contributed by atoms with Crippen LogP contribution in [0.25, 0.3) is 0 Å². The molecule has 4 atom stereocenters. The highest BCUT2D eigenvalue weighted by atomic mass is 16.1. The van der Waals surface area contributed by atoms with Crippen molar-refractivity contribution in [3.8, 4) is 0 Å². The first kappa shape index (κ1) is 13.5. The third-order valence-electron chi connectivity index (χ3n) is 5.05. The van der Waals surface area contributed by atoms with Crippen LogP contribution < -0.4 is 0 Å². The molecule has 0 amide bonds. The second kappa shape index (κ2) is 4.73. The Morgan fingerprint density at radius 3 is 2.44 bits per heavy atom. The lowest BCUT2D eigenvalue weighted by molar-refractivity contribution is -0.105. The number of hydrogen-bond donors (Lipinski definition) is 0. The van der Waals surface area contributed by atoms with Crippen LogP contribution in [0.2, 0.25) is 0 Å². The molecule has 1 heteroatoms. The van der Waals surface area contributed by atoms with Crippen LogP contribution in [-0.4, -0.2) is 6.29 Å². The standard InChI is InChI=1S/C15H26O/c1-10(9-16)7-12(3)14-8-11(2)13(4)15(14,5)6/h9,11-14H,1,7-8H2,2-6H3. The Bertz CT molecular complexity index is 277. The average Bonchev–Trinajstić information content (AvgIpc) is 2.41. The van der Waals surface area contributed by atoms with Crippen molar-refractivity contribution in [2.24, 2.45) is 29.1 Å². The monoisotopic (exact) mass is 222 g/mol. The molecule has 4 unspecified atom stereocenters. The predicted octanol–water partition coefficient (Wildman–Crippen LogP) is 4.09. The van der Waals surface area contributed by atoms with Gasteiger partial charge < -0.3 is 0 Å². The molecular weight excluding hydrogens is 196 g/mol. The zero-order chi connectivity index (χ0) is 12.5. The van der Waals surface area contributed by atoms with Crippen LogP contribution in [0, 0.1) is 29.1 Å². The number of carbonyl (C=O) groups excluding carboxylic acids is 1. The van der Waals surface area contributed by atoms with Gasteiger partial charge in [0.15, 0.2) is 0 Å². The summed E-state index contributed by atoms with van der Waals surface area (Å²) in [6, 6.07) is 0. The zero-order valence-corrected chi connectivity index (χ0v) is 11.4. The fourth-order valence-corrected chi connectivity index (χ4v) is 3.55. The molecule has 1 aliphatic rings. The summed E-state index contributed by atoms with van der Waals surface area (Å²) in [6.45, 7) is 15.6. The van der Waals surface area contributed by atoms with Crippen LogP contribution >= 0.6 is 0 Å². The van der Waals surface area contributed by atoms with Gasteiger partial charge in [-0.2, -0.15) is 0 Å². The summed E-state index contributed by atoms with van der Waals surface area (Å²) < 4.78 is 0. The second-order valence-electron chi connectivity index (χ2n) is 6.39. The highest BCUT2D eigenvalue weighted by Gasteiger charge is 2.46. The first-order valence-electron chi connectivity index (χ1n) is 6.43. The molecule has 0 aliphatic heterocycles. The minimum absolute atomic E-state index is 0.391. The minimum Gasteiger partial charge on any atom is -0.298 e. The van der Waals surface area contributed by atoms with Crippen molar-refractivity contribution in [1.82, 2.24) is 0 Å². The first-order chi connectivity index (χ1) is 7.30. The lowest BCUT2D eigenvalue weighted by Crippen LogP contribution is -2.28. The molecule has 1 rings (SSSR count). The molecule has 1 saturated carbocycles. The van der Waals surface area contributed by atoms with E-state index in [2.05, 4.69) is 41.2 Å². The topological polar surface area (TPSA) is 17.1 Å². The van der Waals surface area contributed by atoms with Gasteiger partial charge in [0.2, 0.25) is 0 Å². The average molecular weight is 222 g/mol. The molecule has 0 radical (unpaired) electrons. The van der Waals surface area contributed by atoms with Crippen LogP contribution in [-0.2, 0) is 4.79 Å². The van der Waals surface area contributed by atoms with Crippen molar-refractivity contribution in [1.29, 1.82) is 0 Å². The molecule has 1 aliphatic carbocycles. The van der Waals surface area contributed by atoms with Gasteiger partial charge in [0.05, 0.1) is 0 Å². The molecule has 1 fully saturated rings. The number of rotatable bonds is 4. The Kier molecular flexibility index (Phi) is 3.98. The van der Waals surface area contributed by atoms with E-state index in [1.807, 2.05) is 0 Å². The highest BCUT2D eigenvalue weighted by Crippen LogP contribution is 2.53. The molecular formula is C15H26O. The van der Waals surface area contributed by atoms with Crippen LogP contribution in [0.15, 0.2) is 12.2 Å². The maximum atomic E-state index is 10.6. The minimum atomic E-state index is 0.391. The largest absolute Gasteiger partial charge is 0.298 e. The molecule has 0 saturated heterocycles. The molecule has 1 nitrogen and oxygen atoms in total. The number of aldehydes is 1. The molecule has 0 N–H and O–H groups in total. The maximum absolute atomic E-state index is 10.6. The quantitative estimate of drug-likeness (QED) is 0.517. The third-order valence-corrected chi connectivity index (χ3v) is 5.05. The Labute approximate surface area is 100 Å². The fourth-order valence-electron chi connectivity index (χ4n) is 3.55. The van der Waals surface area contributed by atoms with Gasteiger partial charge in [0, 0.05) is 0 Å². The number of allylic oxidation sites excluding steroid dienone is 1. The predicted molar refractivity (Wildman–Crippen MR) is 69.2 cm³/mol. The van der Waals surface area contributed by atoms with E-state index >= 15 is 0 Å². The lowest BCUT2D eigenvalue weighted by atomic mass is 9.70. The molecule has 0 aromatic heterocycles. The summed E-state index contributed by atoms with van der Waals surface area (Å²) in [5.41, 5.74) is 1.14. The smallest absolute Gasteiger partial charge is 0.145 e. The van der Waals surface area contributed by atoms with Gasteiger partial charge in [0.1, 0.15) is 6.29 Å². The molecule has 0 aromatic carbocycles. The van der Waals surface area contributed by atoms with E-state index in [1.54, 1.807) is 0 Å². The van der Waals surface area contributed by atoms with Crippen molar-refractivity contribution >= 4 is 6.29 Å². The van der Waals surface area contributed by atoms with Crippen LogP contribution in [0.5, 0.6) is 0 Å². The Morgan fingerprint density at radius 2 is 2.06 bits per heavy atom. The SMILES string of the molecule is C=C(C=O)CC(C)C1CC(C)C(C)C1(C)C. The van der Waals surface area contributed by atoms with Gasteiger partial charge in [-0.3, -0.25) is 4.79 Å². The molecule has 0 bridgehead atoms. The van der Waals surface area contributed by atoms with Crippen molar-refractivity contribution in [2.75, 3.05) is 0 Å². The highest BCUT2D eigenvalue weighted by molar-refractivity contribution is 5.71. The van der Waals surface area contributed by atoms with Crippen LogP contribution in [0.4, 0.5) is 0 Å². The summed E-state index contributed by atoms with van der Waals surface area (Å²) >= 11 is 0. The summed E-state index contributed by atoms with van der Waals surface area (Å²) in [5.74, 6) is 2.85. The van der Waals surface area contributed by atoms with Gasteiger partial charge in [-0.1, -0.05) is 41.2 Å². The van der Waals surface area contributed by atoms with E-state index in [1.165, 1.54) is 6.42 Å². The first-order valence-corrected chi connectivity index (χ1v) is 6.43. The third kappa shape index (κ3) is 2.39. The van der Waals surface area contributed by atoms with E-state index in [0.717, 1.165) is 30.1 Å². The van der Waals surface area contributed by atoms with E-state index in [-0.39, 0.29) is 0 Å². The van der Waals surface area contributed by atoms with Gasteiger partial charge in [-0.15, -0.1) is 0 Å². The van der Waals surface area contributed by atoms with E-state index in [4.69, 9.17) is 0 Å². The summed E-state index contributed by atoms with van der Waals surface area (Å²) in [5, 5.41) is 0. The molecule has 0 spiro atoms. The van der Waals surface area contributed by atoms with E-state index in [0.29, 0.717) is 17.3 Å². The molecule has 0 heterocycles. The van der Waals surface area contributed by atoms with Crippen LogP contribution in [0.3, 0.4) is 0 Å². The van der Waals surface area contributed by atoms with Gasteiger partial charge >= 0.3 is 0 Å². The van der Waals surface area contributed by atoms with Crippen LogP contribution in [0.1, 0.15) is 47.5 Å². The maximum Gasteiger partial charge on any atom is 0.145 e. The molecule has 92 valence electrons. The van der Waals surface area contributed by atoms with Gasteiger partial charge in [-0.25, -0.2) is 0 Å². The Balaban J connectivity index is 2.73. The van der Waals surface area contributed by atoms with Crippen molar-refractivity contribution in [3.05, 3.63) is 12.2 Å². The van der Waals surface area contributed by atoms with Crippen molar-refractivity contribution in [2.45, 2.75) is 47.5 Å². The normalized spacial score (nSPS) is 34.7. The molecule has 16 heavy (non-hydrogen) atoms. The van der Waals surface area contributed by atoms with Gasteiger partial charge in [-0.05, 0) is 47.5 Å². The van der Waals surface area contributed by atoms with Crippen molar-refractivity contribution < 1.29 is 4.79 Å². The Hall–Kier alpha value is -0.590. The lowest BCUT2D eigenvalue weighted by Gasteiger charge is -2.35. The fraction of sp³-hybridized carbons (Fsp3) is 0.800. The molecule has 0 aromatic rings. The summed E-state index contributed by atoms with van der Waals surface area (Å²) in [7, 11) is 0. The zero-order valence-electron chi connectivity index (χ0n) is 11.4. The van der Waals surface area contributed by atoms with E-state index in [9.17, 15) is 4.79 Å². The van der Waals surface area contributed by atoms with E-state index < -0.39 is 0 Å².